The number of aromatic nitrogens is 1. The summed E-state index contributed by atoms with van der Waals surface area (Å²) in [6.07, 6.45) is 4.51. The Morgan fingerprint density at radius 2 is 2.29 bits per heavy atom. The van der Waals surface area contributed by atoms with Gasteiger partial charge < -0.3 is 10.6 Å². The third-order valence-electron chi connectivity index (χ3n) is 3.09. The van der Waals surface area contributed by atoms with Crippen molar-refractivity contribution in [3.63, 3.8) is 0 Å². The van der Waals surface area contributed by atoms with Crippen LogP contribution in [0.3, 0.4) is 0 Å². The molecular weight excluding hydrogens is 214 g/mol. The second kappa shape index (κ2) is 5.17. The van der Waals surface area contributed by atoms with Crippen LogP contribution in [-0.4, -0.2) is 28.9 Å². The molecule has 1 amide bonds. The second-order valence-corrected chi connectivity index (χ2v) is 4.64. The number of nitrogens with zero attached hydrogens (tertiary/aromatic N) is 2. The maximum Gasteiger partial charge on any atom is 0.228 e. The quantitative estimate of drug-likeness (QED) is 0.837. The van der Waals surface area contributed by atoms with Gasteiger partial charge >= 0.3 is 0 Å². The highest BCUT2D eigenvalue weighted by Crippen LogP contribution is 2.29. The van der Waals surface area contributed by atoms with Crippen LogP contribution in [0.2, 0.25) is 0 Å². The zero-order chi connectivity index (χ0) is 12.3. The fraction of sp³-hybridized carbons (Fsp3) is 0.538. The summed E-state index contributed by atoms with van der Waals surface area (Å²) in [6.45, 7) is 3.71. The van der Waals surface area contributed by atoms with Crippen LogP contribution in [0.4, 0.5) is 5.69 Å². The first-order chi connectivity index (χ1) is 8.19. The van der Waals surface area contributed by atoms with Crippen molar-refractivity contribution in [2.24, 2.45) is 5.92 Å². The van der Waals surface area contributed by atoms with Crippen molar-refractivity contribution in [2.45, 2.75) is 26.2 Å². The zero-order valence-electron chi connectivity index (χ0n) is 10.2. The van der Waals surface area contributed by atoms with Gasteiger partial charge in [-0.05, 0) is 37.8 Å². The number of rotatable bonds is 5. The van der Waals surface area contributed by atoms with Crippen LogP contribution in [-0.2, 0) is 11.2 Å². The van der Waals surface area contributed by atoms with Crippen LogP contribution in [0.25, 0.3) is 0 Å². The van der Waals surface area contributed by atoms with Crippen LogP contribution in [0, 0.1) is 5.92 Å². The van der Waals surface area contributed by atoms with Crippen LogP contribution in [0.1, 0.15) is 25.5 Å². The first kappa shape index (κ1) is 11.9. The number of hydrogen-bond donors (Lipinski definition) is 1. The lowest BCUT2D eigenvalue weighted by Gasteiger charge is -2.20. The molecule has 1 aliphatic carbocycles. The topological polar surface area (TPSA) is 59.2 Å². The van der Waals surface area contributed by atoms with Crippen molar-refractivity contribution in [2.75, 3.05) is 18.8 Å². The fourth-order valence-electron chi connectivity index (χ4n) is 1.83. The molecule has 0 saturated heterocycles. The molecule has 0 aromatic carbocycles. The average molecular weight is 233 g/mol. The highest BCUT2D eigenvalue weighted by atomic mass is 16.2. The molecule has 1 aromatic heterocycles. The van der Waals surface area contributed by atoms with Gasteiger partial charge in [0.1, 0.15) is 0 Å². The molecule has 1 heterocycles. The summed E-state index contributed by atoms with van der Waals surface area (Å²) >= 11 is 0. The molecule has 0 unspecified atom stereocenters. The Balaban J connectivity index is 1.91. The first-order valence-corrected chi connectivity index (χ1v) is 6.17. The van der Waals surface area contributed by atoms with E-state index in [4.69, 9.17) is 5.73 Å². The number of hydrogen-bond acceptors (Lipinski definition) is 3. The van der Waals surface area contributed by atoms with Crippen molar-refractivity contribution >= 4 is 11.6 Å². The van der Waals surface area contributed by atoms with Crippen LogP contribution in [0.15, 0.2) is 18.3 Å². The third-order valence-corrected chi connectivity index (χ3v) is 3.09. The van der Waals surface area contributed by atoms with E-state index in [9.17, 15) is 4.79 Å². The molecule has 1 saturated carbocycles. The van der Waals surface area contributed by atoms with Gasteiger partial charge in [-0.1, -0.05) is 0 Å². The largest absolute Gasteiger partial charge is 0.397 e. The summed E-state index contributed by atoms with van der Waals surface area (Å²) < 4.78 is 0. The van der Waals surface area contributed by atoms with Gasteiger partial charge in [0, 0.05) is 18.8 Å². The van der Waals surface area contributed by atoms with Crippen LogP contribution < -0.4 is 5.73 Å². The van der Waals surface area contributed by atoms with Gasteiger partial charge in [-0.3, -0.25) is 9.78 Å². The molecular formula is C13H19N3O. The molecule has 4 heteroatoms. The Bertz CT molecular complexity index is 384. The van der Waals surface area contributed by atoms with E-state index >= 15 is 0 Å². The predicted octanol–water partition coefficient (Wildman–Crippen LogP) is 1.46. The Morgan fingerprint density at radius 1 is 1.53 bits per heavy atom. The lowest BCUT2D eigenvalue weighted by Crippen LogP contribution is -2.34. The van der Waals surface area contributed by atoms with E-state index in [-0.39, 0.29) is 5.91 Å². The molecule has 0 bridgehead atoms. The smallest absolute Gasteiger partial charge is 0.228 e. The molecule has 0 aliphatic heterocycles. The van der Waals surface area contributed by atoms with Crippen molar-refractivity contribution < 1.29 is 4.79 Å². The standard InChI is InChI=1S/C13H19N3O/c1-2-16(9-10-3-4-10)13(17)7-12-6-5-11(14)8-15-12/h5-6,8,10H,2-4,7,9,14H2,1H3. The molecule has 2 N–H and O–H groups in total. The minimum absolute atomic E-state index is 0.164. The number of anilines is 1. The Kier molecular flexibility index (Phi) is 3.61. The minimum atomic E-state index is 0.164. The Labute approximate surface area is 102 Å². The van der Waals surface area contributed by atoms with Crippen LogP contribution >= 0.6 is 0 Å². The molecule has 4 nitrogen and oxygen atoms in total. The van der Waals surface area contributed by atoms with Crippen molar-refractivity contribution in [1.29, 1.82) is 0 Å². The molecule has 1 aliphatic rings. The summed E-state index contributed by atoms with van der Waals surface area (Å²) in [5, 5.41) is 0. The number of carbonyl (C=O) groups excluding carboxylic acids is 1. The lowest BCUT2D eigenvalue weighted by atomic mass is 10.2. The molecule has 0 atom stereocenters. The monoisotopic (exact) mass is 233 g/mol. The van der Waals surface area contributed by atoms with Gasteiger partial charge in [-0.2, -0.15) is 0 Å². The molecule has 1 fully saturated rings. The third kappa shape index (κ3) is 3.44. The highest BCUT2D eigenvalue weighted by molar-refractivity contribution is 5.78. The second-order valence-electron chi connectivity index (χ2n) is 4.64. The highest BCUT2D eigenvalue weighted by Gasteiger charge is 2.25. The van der Waals surface area contributed by atoms with E-state index in [1.54, 1.807) is 12.3 Å². The Morgan fingerprint density at radius 3 is 2.82 bits per heavy atom. The zero-order valence-corrected chi connectivity index (χ0v) is 10.2. The molecule has 0 spiro atoms. The van der Waals surface area contributed by atoms with E-state index in [0.29, 0.717) is 12.1 Å². The number of carbonyl (C=O) groups is 1. The van der Waals surface area contributed by atoms with E-state index in [1.807, 2.05) is 17.9 Å². The van der Waals surface area contributed by atoms with Gasteiger partial charge in [0.15, 0.2) is 0 Å². The minimum Gasteiger partial charge on any atom is -0.397 e. The SMILES string of the molecule is CCN(CC1CC1)C(=O)Cc1ccc(N)cn1. The van der Waals surface area contributed by atoms with E-state index < -0.39 is 0 Å². The van der Waals surface area contributed by atoms with E-state index in [2.05, 4.69) is 4.98 Å². The van der Waals surface area contributed by atoms with Crippen molar-refractivity contribution in [3.8, 4) is 0 Å². The van der Waals surface area contributed by atoms with Gasteiger partial charge in [0.05, 0.1) is 18.3 Å². The number of pyridine rings is 1. The summed E-state index contributed by atoms with van der Waals surface area (Å²) in [6, 6.07) is 3.60. The number of nitrogen functional groups attached to an aromatic ring is 1. The first-order valence-electron chi connectivity index (χ1n) is 6.17. The lowest BCUT2D eigenvalue weighted by molar-refractivity contribution is -0.130. The van der Waals surface area contributed by atoms with E-state index in [1.165, 1.54) is 12.8 Å². The normalized spacial score (nSPS) is 14.6. The summed E-state index contributed by atoms with van der Waals surface area (Å²) in [5.74, 6) is 0.898. The van der Waals surface area contributed by atoms with Crippen molar-refractivity contribution in [3.05, 3.63) is 24.0 Å². The van der Waals surface area contributed by atoms with Gasteiger partial charge in [-0.15, -0.1) is 0 Å². The molecule has 92 valence electrons. The summed E-state index contributed by atoms with van der Waals surface area (Å²) in [7, 11) is 0. The number of nitrogens with two attached hydrogens (primary N) is 1. The molecule has 2 rings (SSSR count). The van der Waals surface area contributed by atoms with Crippen LogP contribution in [0.5, 0.6) is 0 Å². The number of likely N-dealkylation sites (N-methyl/N-ethyl adjacent to an activating group) is 1. The summed E-state index contributed by atoms with van der Waals surface area (Å²) in [5.41, 5.74) is 6.98. The van der Waals surface area contributed by atoms with Gasteiger partial charge in [0.25, 0.3) is 0 Å². The molecule has 1 aromatic rings. The van der Waals surface area contributed by atoms with Crippen molar-refractivity contribution in [1.82, 2.24) is 9.88 Å². The fourth-order valence-corrected chi connectivity index (χ4v) is 1.83. The van der Waals surface area contributed by atoms with Gasteiger partial charge in [0.2, 0.25) is 5.91 Å². The maximum atomic E-state index is 12.0. The molecule has 0 radical (unpaired) electrons. The summed E-state index contributed by atoms with van der Waals surface area (Å²) in [4.78, 5) is 18.1. The predicted molar refractivity (Wildman–Crippen MR) is 67.3 cm³/mol. The molecule has 17 heavy (non-hydrogen) atoms. The Hall–Kier alpha value is -1.58. The number of amides is 1. The average Bonchev–Trinajstić information content (AvgIpc) is 3.13. The maximum absolute atomic E-state index is 12.0. The van der Waals surface area contributed by atoms with Gasteiger partial charge in [-0.25, -0.2) is 0 Å². The van der Waals surface area contributed by atoms with E-state index in [0.717, 1.165) is 24.7 Å².